The number of ether oxygens (including phenoxy) is 2. The van der Waals surface area contributed by atoms with Gasteiger partial charge in [0, 0.05) is 25.2 Å². The first kappa shape index (κ1) is 29.7. The zero-order valence-corrected chi connectivity index (χ0v) is 23.1. The SMILES string of the molecule is COc1cc(C(=O)O)c(F)c2c1nc(CN1CCc3cc(C(F)(F)F)c(OCc4ccc(C#N)cc4F)nc3[C@@H]1C)n2C. The highest BCUT2D eigenvalue weighted by Crippen LogP contribution is 2.40. The van der Waals surface area contributed by atoms with Gasteiger partial charge in [-0.05, 0) is 37.1 Å². The maximum atomic E-state index is 15.1. The average Bonchev–Trinajstić information content (AvgIpc) is 3.29. The smallest absolute Gasteiger partial charge is 0.421 e. The third-order valence-corrected chi connectivity index (χ3v) is 7.50. The van der Waals surface area contributed by atoms with Gasteiger partial charge in [-0.3, -0.25) is 4.90 Å². The first-order valence-electron chi connectivity index (χ1n) is 13.0. The molecule has 0 fully saturated rings. The molecular formula is C29H24F5N5O4. The summed E-state index contributed by atoms with van der Waals surface area (Å²) in [6, 6.07) is 6.87. The summed E-state index contributed by atoms with van der Waals surface area (Å²) in [5.74, 6) is -3.50. The normalized spacial score (nSPS) is 15.3. The summed E-state index contributed by atoms with van der Waals surface area (Å²) in [4.78, 5) is 22.2. The van der Waals surface area contributed by atoms with Crippen molar-refractivity contribution in [3.63, 3.8) is 0 Å². The molecule has 4 aromatic rings. The Morgan fingerprint density at radius 1 is 1.21 bits per heavy atom. The van der Waals surface area contributed by atoms with Crippen LogP contribution in [0.25, 0.3) is 11.0 Å². The van der Waals surface area contributed by atoms with E-state index in [0.29, 0.717) is 23.6 Å². The molecule has 2 aromatic heterocycles. The van der Waals surface area contributed by atoms with Gasteiger partial charge in [-0.25, -0.2) is 23.5 Å². The minimum atomic E-state index is -4.79. The third kappa shape index (κ3) is 5.43. The van der Waals surface area contributed by atoms with Crippen molar-refractivity contribution in [1.82, 2.24) is 19.4 Å². The number of aromatic carboxylic acids is 1. The lowest BCUT2D eigenvalue weighted by atomic mass is 9.97. The zero-order valence-electron chi connectivity index (χ0n) is 23.1. The van der Waals surface area contributed by atoms with Crippen LogP contribution in [-0.2, 0) is 32.8 Å². The van der Waals surface area contributed by atoms with E-state index in [0.717, 1.165) is 18.2 Å². The summed E-state index contributed by atoms with van der Waals surface area (Å²) in [5, 5.41) is 18.3. The fourth-order valence-corrected chi connectivity index (χ4v) is 5.15. The Morgan fingerprint density at radius 2 is 1.95 bits per heavy atom. The van der Waals surface area contributed by atoms with Crippen LogP contribution in [0.5, 0.6) is 11.6 Å². The molecule has 3 heterocycles. The fourth-order valence-electron chi connectivity index (χ4n) is 5.15. The van der Waals surface area contributed by atoms with Gasteiger partial charge < -0.3 is 19.1 Å². The van der Waals surface area contributed by atoms with Crippen molar-refractivity contribution in [3.8, 4) is 17.7 Å². The minimum Gasteiger partial charge on any atom is -0.494 e. The van der Waals surface area contributed by atoms with Crippen molar-refractivity contribution in [3.05, 3.63) is 81.3 Å². The number of carbonyl (C=O) groups is 1. The van der Waals surface area contributed by atoms with Gasteiger partial charge >= 0.3 is 12.1 Å². The highest BCUT2D eigenvalue weighted by molar-refractivity contribution is 5.96. The van der Waals surface area contributed by atoms with Crippen LogP contribution in [0.3, 0.4) is 0 Å². The second kappa shape index (κ2) is 11.1. The van der Waals surface area contributed by atoms with Gasteiger partial charge in [0.1, 0.15) is 46.2 Å². The van der Waals surface area contributed by atoms with E-state index >= 15 is 4.39 Å². The van der Waals surface area contributed by atoms with Gasteiger partial charge in [-0.2, -0.15) is 18.4 Å². The summed E-state index contributed by atoms with van der Waals surface area (Å²) in [6.07, 6.45) is -4.57. The third-order valence-electron chi connectivity index (χ3n) is 7.50. The van der Waals surface area contributed by atoms with Crippen LogP contribution < -0.4 is 9.47 Å². The molecule has 224 valence electrons. The van der Waals surface area contributed by atoms with Crippen LogP contribution in [0.15, 0.2) is 30.3 Å². The molecule has 1 aliphatic heterocycles. The first-order valence-corrected chi connectivity index (χ1v) is 13.0. The van der Waals surface area contributed by atoms with Crippen LogP contribution in [-0.4, -0.2) is 44.2 Å². The summed E-state index contributed by atoms with van der Waals surface area (Å²) in [5.41, 5.74) is -0.881. The molecule has 2 aromatic carbocycles. The molecule has 0 radical (unpaired) electrons. The standard InChI is InChI=1S/C29H24F5N5O4/c1-14-24-16(9-19(29(32,33)34)27(37-24)43-13-17-5-4-15(11-35)8-20(17)30)6-7-39(14)12-22-36-25-21(42-3)10-18(28(40)41)23(31)26(25)38(22)2/h4-5,8-10,14H,6-7,12-13H2,1-3H3,(H,40,41)/t14-/m0/s1. The van der Waals surface area contributed by atoms with Crippen molar-refractivity contribution in [1.29, 1.82) is 5.26 Å². The Morgan fingerprint density at radius 3 is 2.58 bits per heavy atom. The van der Waals surface area contributed by atoms with Crippen molar-refractivity contribution < 1.29 is 41.3 Å². The number of halogens is 5. The van der Waals surface area contributed by atoms with Crippen molar-refractivity contribution in [2.45, 2.75) is 38.7 Å². The van der Waals surface area contributed by atoms with Crippen LogP contribution in [0.2, 0.25) is 0 Å². The number of rotatable bonds is 7. The Kier molecular flexibility index (Phi) is 7.70. The van der Waals surface area contributed by atoms with Crippen molar-refractivity contribution in [2.24, 2.45) is 7.05 Å². The van der Waals surface area contributed by atoms with Gasteiger partial charge in [0.05, 0.1) is 37.0 Å². The van der Waals surface area contributed by atoms with E-state index in [1.807, 2.05) is 4.90 Å². The lowest BCUT2D eigenvalue weighted by Crippen LogP contribution is -2.35. The predicted octanol–water partition coefficient (Wildman–Crippen LogP) is 5.54. The highest BCUT2D eigenvalue weighted by Gasteiger charge is 2.38. The number of benzene rings is 2. The number of fused-ring (bicyclic) bond motifs is 2. The molecule has 0 bridgehead atoms. The minimum absolute atomic E-state index is 0.0446. The maximum Gasteiger partial charge on any atom is 0.421 e. The predicted molar refractivity (Wildman–Crippen MR) is 141 cm³/mol. The average molecular weight is 602 g/mol. The van der Waals surface area contributed by atoms with Gasteiger partial charge in [-0.15, -0.1) is 0 Å². The molecule has 43 heavy (non-hydrogen) atoms. The summed E-state index contributed by atoms with van der Waals surface area (Å²) >= 11 is 0. The number of hydrogen-bond donors (Lipinski definition) is 1. The number of hydrogen-bond acceptors (Lipinski definition) is 7. The number of alkyl halides is 3. The molecule has 0 spiro atoms. The summed E-state index contributed by atoms with van der Waals surface area (Å²) in [6.45, 7) is 1.66. The number of aryl methyl sites for hydroxylation is 1. The number of nitriles is 1. The summed E-state index contributed by atoms with van der Waals surface area (Å²) in [7, 11) is 2.84. The molecule has 14 heteroatoms. The second-order valence-corrected chi connectivity index (χ2v) is 10.0. The first-order chi connectivity index (χ1) is 20.3. The van der Waals surface area contributed by atoms with E-state index in [4.69, 9.17) is 14.7 Å². The number of nitrogens with zero attached hydrogens (tertiary/aromatic N) is 5. The largest absolute Gasteiger partial charge is 0.494 e. The molecule has 1 atom stereocenters. The quantitative estimate of drug-likeness (QED) is 0.275. The molecule has 0 unspecified atom stereocenters. The van der Waals surface area contributed by atoms with Crippen LogP contribution in [0, 0.1) is 23.0 Å². The Bertz CT molecular complexity index is 1800. The van der Waals surface area contributed by atoms with Crippen molar-refractivity contribution >= 4 is 17.0 Å². The molecule has 9 nitrogen and oxygen atoms in total. The summed E-state index contributed by atoms with van der Waals surface area (Å²) < 4.78 is 83.5. The molecule has 0 saturated heterocycles. The van der Waals surface area contributed by atoms with Crippen LogP contribution in [0.1, 0.15) is 57.1 Å². The molecular weight excluding hydrogens is 577 g/mol. The topological polar surface area (TPSA) is 114 Å². The van der Waals surface area contributed by atoms with Gasteiger partial charge in [0.2, 0.25) is 5.88 Å². The van der Waals surface area contributed by atoms with E-state index < -0.39 is 53.4 Å². The van der Waals surface area contributed by atoms with Crippen LogP contribution in [0.4, 0.5) is 22.0 Å². The highest BCUT2D eigenvalue weighted by atomic mass is 19.4. The Hall–Kier alpha value is -4.77. The van der Waals surface area contributed by atoms with E-state index in [9.17, 15) is 27.5 Å². The van der Waals surface area contributed by atoms with Gasteiger partial charge in [0.15, 0.2) is 5.82 Å². The Balaban J connectivity index is 1.47. The number of methoxy groups -OCH3 is 1. The number of carboxylic acids is 1. The maximum absolute atomic E-state index is 15.1. The Labute approximate surface area is 241 Å². The second-order valence-electron chi connectivity index (χ2n) is 10.0. The molecule has 0 amide bonds. The van der Waals surface area contributed by atoms with Crippen LogP contribution >= 0.6 is 0 Å². The fraction of sp³-hybridized carbons (Fsp3) is 0.310. The monoisotopic (exact) mass is 601 g/mol. The van der Waals surface area contributed by atoms with E-state index in [2.05, 4.69) is 9.97 Å². The lowest BCUT2D eigenvalue weighted by molar-refractivity contribution is -0.139. The number of pyridine rings is 1. The van der Waals surface area contributed by atoms with Gasteiger partial charge in [0.25, 0.3) is 0 Å². The number of carboxylic acid groups (broad SMARTS) is 1. The molecule has 1 N–H and O–H groups in total. The number of imidazole rings is 1. The lowest BCUT2D eigenvalue weighted by Gasteiger charge is -2.34. The van der Waals surface area contributed by atoms with E-state index in [-0.39, 0.29) is 40.9 Å². The molecule has 0 aliphatic carbocycles. The van der Waals surface area contributed by atoms with E-state index in [1.54, 1.807) is 13.0 Å². The molecule has 0 saturated carbocycles. The molecule has 5 rings (SSSR count). The molecule has 1 aliphatic rings. The van der Waals surface area contributed by atoms with Gasteiger partial charge in [-0.1, -0.05) is 6.07 Å². The van der Waals surface area contributed by atoms with Crippen molar-refractivity contribution in [2.75, 3.05) is 13.7 Å². The number of aromatic nitrogens is 3. The zero-order chi connectivity index (χ0) is 31.2. The van der Waals surface area contributed by atoms with E-state index in [1.165, 1.54) is 30.9 Å².